The molecule has 8 nitrogen and oxygen atoms in total. The highest BCUT2D eigenvalue weighted by Crippen LogP contribution is 2.34. The van der Waals surface area contributed by atoms with Gasteiger partial charge in [-0.25, -0.2) is 9.48 Å². The van der Waals surface area contributed by atoms with E-state index < -0.39 is 11.9 Å². The Morgan fingerprint density at radius 3 is 2.74 bits per heavy atom. The summed E-state index contributed by atoms with van der Waals surface area (Å²) in [6.07, 6.45) is 0. The number of aromatic nitrogens is 2. The topological polar surface area (TPSA) is 102 Å². The van der Waals surface area contributed by atoms with E-state index in [9.17, 15) is 14.4 Å². The number of anilines is 1. The van der Waals surface area contributed by atoms with E-state index in [1.54, 1.807) is 18.7 Å². The highest BCUT2D eigenvalue weighted by molar-refractivity contribution is 7.98. The van der Waals surface area contributed by atoms with E-state index >= 15 is 0 Å². The summed E-state index contributed by atoms with van der Waals surface area (Å²) in [6.45, 7) is 2.09. The molecule has 0 unspecified atom stereocenters. The van der Waals surface area contributed by atoms with Crippen LogP contribution in [-0.2, 0) is 43.7 Å². The van der Waals surface area contributed by atoms with Crippen molar-refractivity contribution in [2.45, 2.75) is 31.5 Å². The van der Waals surface area contributed by atoms with Crippen molar-refractivity contribution in [3.05, 3.63) is 47.2 Å². The lowest BCUT2D eigenvalue weighted by Crippen LogP contribution is -2.30. The molecule has 1 aliphatic rings. The molecule has 0 bridgehead atoms. The average Bonchev–Trinajstić information content (AvgIpc) is 3.24. The summed E-state index contributed by atoms with van der Waals surface area (Å²) in [4.78, 5) is 35.9. The van der Waals surface area contributed by atoms with Crippen molar-refractivity contribution < 1.29 is 19.1 Å². The smallest absolute Gasteiger partial charge is 0.397 e. The number of nitrogens with one attached hydrogen (secondary N) is 2. The highest BCUT2D eigenvalue weighted by Gasteiger charge is 2.27. The first-order valence-electron chi connectivity index (χ1n) is 8.53. The molecule has 0 atom stereocenters. The van der Waals surface area contributed by atoms with Gasteiger partial charge in [-0.15, -0.1) is 0 Å². The standard InChI is InChI=1S/C18H20N4O4S/c1-2-26-18(25)17(24)20-16-13-10-27-11-14(13)21-22(16)9-15(23)19-8-12-6-4-3-5-7-12/h3-7H,2,8-11H2,1H3,(H,19,23)(H,20,24). The van der Waals surface area contributed by atoms with Gasteiger partial charge in [-0.3, -0.25) is 9.59 Å². The van der Waals surface area contributed by atoms with Crippen molar-refractivity contribution >= 4 is 35.4 Å². The van der Waals surface area contributed by atoms with Crippen LogP contribution in [-0.4, -0.2) is 34.2 Å². The molecule has 0 saturated heterocycles. The van der Waals surface area contributed by atoms with E-state index in [-0.39, 0.29) is 19.1 Å². The minimum absolute atomic E-state index is 0.0526. The maximum absolute atomic E-state index is 12.3. The van der Waals surface area contributed by atoms with Crippen molar-refractivity contribution in [2.75, 3.05) is 11.9 Å². The molecule has 2 heterocycles. The number of hydrogen-bond acceptors (Lipinski definition) is 6. The Bertz CT molecular complexity index is 851. The molecule has 0 aliphatic carbocycles. The molecule has 0 radical (unpaired) electrons. The summed E-state index contributed by atoms with van der Waals surface area (Å²) in [5, 5.41) is 9.79. The van der Waals surface area contributed by atoms with Crippen molar-refractivity contribution in [3.63, 3.8) is 0 Å². The van der Waals surface area contributed by atoms with E-state index in [0.29, 0.717) is 23.9 Å². The lowest BCUT2D eigenvalue weighted by atomic mass is 10.2. The Kier molecular flexibility index (Phi) is 6.12. The van der Waals surface area contributed by atoms with Gasteiger partial charge in [0.15, 0.2) is 0 Å². The predicted octanol–water partition coefficient (Wildman–Crippen LogP) is 1.45. The second kappa shape index (κ2) is 8.72. The SMILES string of the molecule is CCOC(=O)C(=O)Nc1c2c(nn1CC(=O)NCc1ccccc1)CSC2. The molecule has 0 fully saturated rings. The third kappa shape index (κ3) is 4.68. The van der Waals surface area contributed by atoms with Crippen molar-refractivity contribution in [3.8, 4) is 0 Å². The molecule has 2 amide bonds. The molecular formula is C18H20N4O4S. The summed E-state index contributed by atoms with van der Waals surface area (Å²) in [5.74, 6) is -0.321. The van der Waals surface area contributed by atoms with E-state index in [1.165, 1.54) is 4.68 Å². The summed E-state index contributed by atoms with van der Waals surface area (Å²) in [5.41, 5.74) is 2.64. The Morgan fingerprint density at radius 1 is 1.22 bits per heavy atom. The average molecular weight is 388 g/mol. The summed E-state index contributed by atoms with van der Waals surface area (Å²) in [6, 6.07) is 9.56. The normalized spacial score (nSPS) is 12.3. The van der Waals surface area contributed by atoms with E-state index in [0.717, 1.165) is 16.8 Å². The first-order chi connectivity index (χ1) is 13.1. The number of benzene rings is 1. The van der Waals surface area contributed by atoms with Crippen molar-refractivity contribution in [1.82, 2.24) is 15.1 Å². The molecular weight excluding hydrogens is 368 g/mol. The van der Waals surface area contributed by atoms with Gasteiger partial charge in [0.05, 0.1) is 12.3 Å². The number of thioether (sulfide) groups is 1. The quantitative estimate of drug-likeness (QED) is 0.574. The molecule has 0 saturated carbocycles. The first kappa shape index (κ1) is 19.0. The molecule has 0 spiro atoms. The van der Waals surface area contributed by atoms with E-state index in [2.05, 4.69) is 15.7 Å². The molecule has 1 aliphatic heterocycles. The van der Waals surface area contributed by atoms with Crippen LogP contribution in [0.5, 0.6) is 0 Å². The number of amides is 2. The van der Waals surface area contributed by atoms with Crippen LogP contribution in [0.2, 0.25) is 0 Å². The van der Waals surface area contributed by atoms with Gasteiger partial charge in [0.25, 0.3) is 0 Å². The summed E-state index contributed by atoms with van der Waals surface area (Å²) >= 11 is 1.66. The second-order valence-corrected chi connectivity index (χ2v) is 6.85. The van der Waals surface area contributed by atoms with Gasteiger partial charge >= 0.3 is 11.9 Å². The number of carbonyl (C=O) groups excluding carboxylic acids is 3. The maximum atomic E-state index is 12.3. The number of ether oxygens (including phenoxy) is 1. The van der Waals surface area contributed by atoms with Crippen LogP contribution in [0.1, 0.15) is 23.7 Å². The second-order valence-electron chi connectivity index (χ2n) is 5.86. The molecule has 3 rings (SSSR count). The number of nitrogens with zero attached hydrogens (tertiary/aromatic N) is 2. The Labute approximate surface area is 160 Å². The molecule has 2 N–H and O–H groups in total. The fourth-order valence-corrected chi connectivity index (χ4v) is 3.70. The molecule has 2 aromatic rings. The summed E-state index contributed by atoms with van der Waals surface area (Å²) < 4.78 is 6.15. The molecule has 1 aromatic heterocycles. The van der Waals surface area contributed by atoms with Gasteiger partial charge in [0.1, 0.15) is 12.4 Å². The lowest BCUT2D eigenvalue weighted by molar-refractivity contribution is -0.152. The van der Waals surface area contributed by atoms with Crippen molar-refractivity contribution in [1.29, 1.82) is 0 Å². The fourth-order valence-electron chi connectivity index (χ4n) is 2.66. The molecule has 1 aromatic carbocycles. The number of hydrogen-bond donors (Lipinski definition) is 2. The van der Waals surface area contributed by atoms with Crippen LogP contribution in [0.15, 0.2) is 30.3 Å². The maximum Gasteiger partial charge on any atom is 0.397 e. The Hall–Kier alpha value is -2.81. The Balaban J connectivity index is 1.68. The zero-order valence-electron chi connectivity index (χ0n) is 14.9. The third-order valence-electron chi connectivity index (χ3n) is 3.94. The minimum Gasteiger partial charge on any atom is -0.459 e. The number of rotatable bonds is 6. The monoisotopic (exact) mass is 388 g/mol. The minimum atomic E-state index is -0.960. The van der Waals surface area contributed by atoms with Gasteiger partial charge in [-0.05, 0) is 12.5 Å². The largest absolute Gasteiger partial charge is 0.459 e. The number of fused-ring (bicyclic) bond motifs is 1. The van der Waals surface area contributed by atoms with Gasteiger partial charge in [-0.2, -0.15) is 16.9 Å². The number of esters is 1. The lowest BCUT2D eigenvalue weighted by Gasteiger charge is -2.11. The number of carbonyl (C=O) groups is 3. The fraction of sp³-hybridized carbons (Fsp3) is 0.333. The van der Waals surface area contributed by atoms with Crippen LogP contribution in [0, 0.1) is 0 Å². The highest BCUT2D eigenvalue weighted by atomic mass is 32.2. The van der Waals surface area contributed by atoms with Crippen molar-refractivity contribution in [2.24, 2.45) is 0 Å². The third-order valence-corrected chi connectivity index (χ3v) is 4.91. The van der Waals surface area contributed by atoms with Gasteiger partial charge in [0, 0.05) is 23.6 Å². The predicted molar refractivity (Wildman–Crippen MR) is 101 cm³/mol. The van der Waals surface area contributed by atoms with Crippen LogP contribution in [0.25, 0.3) is 0 Å². The first-order valence-corrected chi connectivity index (χ1v) is 9.69. The van der Waals surface area contributed by atoms with Gasteiger partial charge in [0.2, 0.25) is 5.91 Å². The van der Waals surface area contributed by atoms with Gasteiger partial charge < -0.3 is 15.4 Å². The summed E-state index contributed by atoms with van der Waals surface area (Å²) in [7, 11) is 0. The van der Waals surface area contributed by atoms with E-state index in [4.69, 9.17) is 4.74 Å². The van der Waals surface area contributed by atoms with Crippen LogP contribution >= 0.6 is 11.8 Å². The van der Waals surface area contributed by atoms with E-state index in [1.807, 2.05) is 30.3 Å². The van der Waals surface area contributed by atoms with Crippen LogP contribution in [0.3, 0.4) is 0 Å². The van der Waals surface area contributed by atoms with Crippen LogP contribution < -0.4 is 10.6 Å². The van der Waals surface area contributed by atoms with Gasteiger partial charge in [-0.1, -0.05) is 30.3 Å². The molecule has 27 heavy (non-hydrogen) atoms. The van der Waals surface area contributed by atoms with Crippen LogP contribution in [0.4, 0.5) is 5.82 Å². The Morgan fingerprint density at radius 2 is 2.00 bits per heavy atom. The zero-order valence-corrected chi connectivity index (χ0v) is 15.7. The molecule has 142 valence electrons. The molecule has 9 heteroatoms. The zero-order chi connectivity index (χ0) is 19.2.